The van der Waals surface area contributed by atoms with Crippen LogP contribution in [0.4, 0.5) is 0 Å². The van der Waals surface area contributed by atoms with Gasteiger partial charge < -0.3 is 19.9 Å². The third-order valence-corrected chi connectivity index (χ3v) is 4.64. The normalized spacial score (nSPS) is 14.5. The maximum atomic E-state index is 5.26. The average molecular weight is 356 g/mol. The van der Waals surface area contributed by atoms with Gasteiger partial charge in [0.2, 0.25) is 0 Å². The zero-order valence-electron chi connectivity index (χ0n) is 15.7. The molecule has 26 heavy (non-hydrogen) atoms. The maximum Gasteiger partial charge on any atom is 0.191 e. The number of rotatable bonds is 6. The van der Waals surface area contributed by atoms with Gasteiger partial charge in [0.1, 0.15) is 17.4 Å². The molecule has 140 valence electrons. The van der Waals surface area contributed by atoms with Crippen molar-refractivity contribution in [3.8, 4) is 5.75 Å². The minimum absolute atomic E-state index is 0.692. The summed E-state index contributed by atoms with van der Waals surface area (Å²) in [7, 11) is 3.46. The fraction of sp³-hybridized carbons (Fsp3) is 0.526. The van der Waals surface area contributed by atoms with Gasteiger partial charge in [0, 0.05) is 39.5 Å². The molecule has 1 aliphatic heterocycles. The largest absolute Gasteiger partial charge is 0.497 e. The van der Waals surface area contributed by atoms with E-state index in [0.29, 0.717) is 6.54 Å². The van der Waals surface area contributed by atoms with E-state index in [4.69, 9.17) is 4.74 Å². The molecule has 0 saturated carbocycles. The van der Waals surface area contributed by atoms with Gasteiger partial charge in [-0.25, -0.2) is 0 Å². The fourth-order valence-corrected chi connectivity index (χ4v) is 3.21. The lowest BCUT2D eigenvalue weighted by atomic mass is 10.2. The molecule has 7 nitrogen and oxygen atoms in total. The summed E-state index contributed by atoms with van der Waals surface area (Å²) in [6.45, 7) is 2.51. The molecule has 0 bridgehead atoms. The molecule has 2 heterocycles. The predicted octanol–water partition coefficient (Wildman–Crippen LogP) is 1.92. The molecule has 1 aliphatic rings. The Morgan fingerprint density at radius 1 is 1.23 bits per heavy atom. The molecule has 2 N–H and O–H groups in total. The van der Waals surface area contributed by atoms with E-state index < -0.39 is 0 Å². The first-order valence-electron chi connectivity index (χ1n) is 9.28. The van der Waals surface area contributed by atoms with Crippen LogP contribution in [-0.2, 0) is 25.9 Å². The minimum Gasteiger partial charge on any atom is -0.497 e. The average Bonchev–Trinajstić information content (AvgIpc) is 2.90. The molecule has 0 saturated heterocycles. The molecular formula is C19H28N6O. The van der Waals surface area contributed by atoms with Crippen LogP contribution < -0.4 is 15.4 Å². The summed E-state index contributed by atoms with van der Waals surface area (Å²) in [6.07, 6.45) is 5.60. The van der Waals surface area contributed by atoms with Crippen LogP contribution in [0.15, 0.2) is 29.3 Å². The zero-order valence-corrected chi connectivity index (χ0v) is 15.7. The van der Waals surface area contributed by atoms with Gasteiger partial charge >= 0.3 is 0 Å². The summed E-state index contributed by atoms with van der Waals surface area (Å²) >= 11 is 0. The maximum absolute atomic E-state index is 5.26. The number of methoxy groups -OCH3 is 1. The van der Waals surface area contributed by atoms with Crippen molar-refractivity contribution in [3.63, 3.8) is 0 Å². The number of hydrogen-bond donors (Lipinski definition) is 2. The molecule has 0 amide bonds. The summed E-state index contributed by atoms with van der Waals surface area (Å²) in [5, 5.41) is 15.4. The Morgan fingerprint density at radius 2 is 2.15 bits per heavy atom. The highest BCUT2D eigenvalue weighted by Gasteiger charge is 2.14. The Kier molecular flexibility index (Phi) is 6.46. The molecule has 1 aromatic heterocycles. The van der Waals surface area contributed by atoms with Crippen LogP contribution in [0.3, 0.4) is 0 Å². The smallest absolute Gasteiger partial charge is 0.191 e. The number of nitrogens with one attached hydrogen (secondary N) is 2. The van der Waals surface area contributed by atoms with E-state index in [1.807, 2.05) is 18.2 Å². The van der Waals surface area contributed by atoms with Crippen molar-refractivity contribution in [2.75, 3.05) is 20.7 Å². The van der Waals surface area contributed by atoms with Crippen LogP contribution in [0.1, 0.15) is 36.5 Å². The lowest BCUT2D eigenvalue weighted by Gasteiger charge is -2.13. The number of benzene rings is 1. The van der Waals surface area contributed by atoms with Crippen molar-refractivity contribution in [3.05, 3.63) is 41.5 Å². The molecule has 0 aliphatic carbocycles. The van der Waals surface area contributed by atoms with E-state index in [1.54, 1.807) is 14.2 Å². The Bertz CT molecular complexity index is 739. The number of hydrogen-bond acceptors (Lipinski definition) is 4. The van der Waals surface area contributed by atoms with Crippen LogP contribution in [-0.4, -0.2) is 41.4 Å². The van der Waals surface area contributed by atoms with Crippen LogP contribution in [0.5, 0.6) is 5.75 Å². The molecule has 0 spiro atoms. The third kappa shape index (κ3) is 4.74. The van der Waals surface area contributed by atoms with Gasteiger partial charge in [-0.3, -0.25) is 4.99 Å². The summed E-state index contributed by atoms with van der Waals surface area (Å²) in [4.78, 5) is 4.29. The van der Waals surface area contributed by atoms with Gasteiger partial charge in [-0.2, -0.15) is 0 Å². The van der Waals surface area contributed by atoms with Crippen molar-refractivity contribution in [2.24, 2.45) is 4.99 Å². The molecule has 7 heteroatoms. The molecule has 0 radical (unpaired) electrons. The van der Waals surface area contributed by atoms with Gasteiger partial charge in [-0.05, 0) is 30.5 Å². The Hall–Kier alpha value is -2.57. The van der Waals surface area contributed by atoms with Crippen LogP contribution in [0, 0.1) is 0 Å². The van der Waals surface area contributed by atoms with Gasteiger partial charge in [0.25, 0.3) is 0 Å². The number of ether oxygens (including phenoxy) is 1. The van der Waals surface area contributed by atoms with E-state index in [0.717, 1.165) is 54.9 Å². The van der Waals surface area contributed by atoms with Gasteiger partial charge in [0.05, 0.1) is 7.11 Å². The number of aryl methyl sites for hydroxylation is 1. The first-order chi connectivity index (χ1) is 12.8. The molecule has 3 rings (SSSR count). The first kappa shape index (κ1) is 18.2. The highest BCUT2D eigenvalue weighted by atomic mass is 16.5. The second kappa shape index (κ2) is 9.22. The third-order valence-electron chi connectivity index (χ3n) is 4.64. The molecule has 2 aromatic rings. The summed E-state index contributed by atoms with van der Waals surface area (Å²) in [5.74, 6) is 3.85. The summed E-state index contributed by atoms with van der Waals surface area (Å²) in [6, 6.07) is 8.02. The fourth-order valence-electron chi connectivity index (χ4n) is 3.21. The summed E-state index contributed by atoms with van der Waals surface area (Å²) in [5.41, 5.74) is 1.15. The zero-order chi connectivity index (χ0) is 18.2. The van der Waals surface area contributed by atoms with Crippen molar-refractivity contribution in [1.29, 1.82) is 0 Å². The van der Waals surface area contributed by atoms with E-state index in [2.05, 4.69) is 36.5 Å². The Balaban J connectivity index is 1.48. The molecule has 0 unspecified atom stereocenters. The number of fused-ring (bicyclic) bond motifs is 1. The van der Waals surface area contributed by atoms with Gasteiger partial charge in [-0.1, -0.05) is 18.6 Å². The van der Waals surface area contributed by atoms with E-state index in [-0.39, 0.29) is 0 Å². The van der Waals surface area contributed by atoms with Crippen molar-refractivity contribution in [1.82, 2.24) is 25.4 Å². The lowest BCUT2D eigenvalue weighted by molar-refractivity contribution is 0.414. The predicted molar refractivity (Wildman–Crippen MR) is 102 cm³/mol. The van der Waals surface area contributed by atoms with E-state index >= 15 is 0 Å². The summed E-state index contributed by atoms with van der Waals surface area (Å²) < 4.78 is 7.55. The topological polar surface area (TPSA) is 76.4 Å². The standard InChI is InChI=1S/C19H28N6O/c1-20-19(22-14-15-7-6-8-16(13-15)26-2)21-11-10-18-24-23-17-9-4-3-5-12-25(17)18/h6-8,13H,3-5,9-12,14H2,1-2H3,(H2,20,21,22). The van der Waals surface area contributed by atoms with Crippen LogP contribution in [0.2, 0.25) is 0 Å². The highest BCUT2D eigenvalue weighted by molar-refractivity contribution is 5.79. The van der Waals surface area contributed by atoms with E-state index in [1.165, 1.54) is 19.3 Å². The monoisotopic (exact) mass is 356 g/mol. The van der Waals surface area contributed by atoms with Crippen molar-refractivity contribution in [2.45, 2.75) is 45.2 Å². The quantitative estimate of drug-likeness (QED) is 0.611. The van der Waals surface area contributed by atoms with Crippen molar-refractivity contribution < 1.29 is 4.74 Å². The van der Waals surface area contributed by atoms with Crippen molar-refractivity contribution >= 4 is 5.96 Å². The Labute approximate surface area is 154 Å². The number of guanidine groups is 1. The van der Waals surface area contributed by atoms with E-state index in [9.17, 15) is 0 Å². The first-order valence-corrected chi connectivity index (χ1v) is 9.28. The second-order valence-corrected chi connectivity index (χ2v) is 6.45. The SMILES string of the molecule is CN=C(NCCc1nnc2n1CCCCC2)NCc1cccc(OC)c1. The van der Waals surface area contributed by atoms with Gasteiger partial charge in [0.15, 0.2) is 5.96 Å². The number of aliphatic imine (C=N–C) groups is 1. The number of nitrogens with zero attached hydrogens (tertiary/aromatic N) is 4. The highest BCUT2D eigenvalue weighted by Crippen LogP contribution is 2.14. The van der Waals surface area contributed by atoms with Crippen LogP contribution in [0.25, 0.3) is 0 Å². The Morgan fingerprint density at radius 3 is 3.00 bits per heavy atom. The molecule has 0 fully saturated rings. The van der Waals surface area contributed by atoms with Crippen LogP contribution >= 0.6 is 0 Å². The second-order valence-electron chi connectivity index (χ2n) is 6.45. The molecule has 1 aromatic carbocycles. The number of aromatic nitrogens is 3. The molecular weight excluding hydrogens is 328 g/mol. The van der Waals surface area contributed by atoms with Gasteiger partial charge in [-0.15, -0.1) is 10.2 Å². The molecule has 0 atom stereocenters. The lowest BCUT2D eigenvalue weighted by Crippen LogP contribution is -2.38. The minimum atomic E-state index is 0.692.